The van der Waals surface area contributed by atoms with E-state index in [1.54, 1.807) is 0 Å². The summed E-state index contributed by atoms with van der Waals surface area (Å²) in [4.78, 5) is 2.48. The fourth-order valence-electron chi connectivity index (χ4n) is 2.33. The number of rotatable bonds is 6. The van der Waals surface area contributed by atoms with Gasteiger partial charge in [0.1, 0.15) is 0 Å². The number of nitrogens with zero attached hydrogens (tertiary/aromatic N) is 1. The van der Waals surface area contributed by atoms with Gasteiger partial charge in [-0.05, 0) is 56.9 Å². The molecule has 0 aliphatic heterocycles. The lowest BCUT2D eigenvalue weighted by atomic mass is 10.0. The Labute approximate surface area is 126 Å². The summed E-state index contributed by atoms with van der Waals surface area (Å²) in [5.74, 6) is 0.647. The molecule has 0 amide bonds. The zero-order chi connectivity index (χ0) is 14.6. The van der Waals surface area contributed by atoms with E-state index in [9.17, 15) is 0 Å². The second kappa shape index (κ2) is 7.30. The molecule has 2 N–H and O–H groups in total. The van der Waals surface area contributed by atoms with E-state index >= 15 is 0 Å². The van der Waals surface area contributed by atoms with E-state index < -0.39 is 0 Å². The van der Waals surface area contributed by atoms with Crippen LogP contribution in [-0.2, 0) is 6.42 Å². The number of hydrogen-bond donors (Lipinski definition) is 1. The molecule has 0 radical (unpaired) electrons. The Morgan fingerprint density at radius 1 is 1.16 bits per heavy atom. The molecule has 1 atom stereocenters. The van der Waals surface area contributed by atoms with Crippen molar-refractivity contribution in [3.8, 4) is 0 Å². The number of halogens is 1. The molecule has 0 aliphatic carbocycles. The molecular weight excluding hydrogens is 300 g/mol. The van der Waals surface area contributed by atoms with Gasteiger partial charge in [-0.3, -0.25) is 0 Å². The number of hydrogen-bond acceptors (Lipinski definition) is 2. The zero-order valence-corrected chi connectivity index (χ0v) is 14.4. The van der Waals surface area contributed by atoms with Crippen molar-refractivity contribution < 1.29 is 0 Å². The molecule has 108 valence electrons. The SMILES string of the molecule is CC(C)CN(c1ccc(Br)cc1CC(C)N)C(C)C. The molecule has 19 heavy (non-hydrogen) atoms. The van der Waals surface area contributed by atoms with E-state index in [-0.39, 0.29) is 6.04 Å². The van der Waals surface area contributed by atoms with Gasteiger partial charge >= 0.3 is 0 Å². The number of anilines is 1. The fraction of sp³-hybridized carbons (Fsp3) is 0.625. The van der Waals surface area contributed by atoms with E-state index in [0.717, 1.165) is 17.4 Å². The minimum absolute atomic E-state index is 0.182. The van der Waals surface area contributed by atoms with Gasteiger partial charge in [-0.1, -0.05) is 29.8 Å². The van der Waals surface area contributed by atoms with Gasteiger partial charge < -0.3 is 10.6 Å². The van der Waals surface area contributed by atoms with Gasteiger partial charge in [0.2, 0.25) is 0 Å². The lowest BCUT2D eigenvalue weighted by Crippen LogP contribution is -2.35. The second-order valence-corrected chi connectivity index (χ2v) is 7.01. The van der Waals surface area contributed by atoms with Crippen LogP contribution in [0.5, 0.6) is 0 Å². The van der Waals surface area contributed by atoms with Crippen LogP contribution in [0.2, 0.25) is 0 Å². The first-order valence-corrected chi connectivity index (χ1v) is 7.91. The monoisotopic (exact) mass is 326 g/mol. The van der Waals surface area contributed by atoms with Gasteiger partial charge in [-0.25, -0.2) is 0 Å². The summed E-state index contributed by atoms with van der Waals surface area (Å²) >= 11 is 3.56. The van der Waals surface area contributed by atoms with Crippen LogP contribution in [0.3, 0.4) is 0 Å². The molecule has 0 saturated carbocycles. The standard InChI is InChI=1S/C16H27BrN2/c1-11(2)10-19(12(3)4)16-7-6-15(17)9-14(16)8-13(5)18/h6-7,9,11-13H,8,10,18H2,1-5H3. The maximum atomic E-state index is 5.99. The molecule has 3 heteroatoms. The van der Waals surface area contributed by atoms with Gasteiger partial charge in [0.05, 0.1) is 0 Å². The van der Waals surface area contributed by atoms with Crippen LogP contribution >= 0.6 is 15.9 Å². The maximum Gasteiger partial charge on any atom is 0.0402 e. The largest absolute Gasteiger partial charge is 0.369 e. The third-order valence-corrected chi connectivity index (χ3v) is 3.57. The average Bonchev–Trinajstić information content (AvgIpc) is 2.25. The predicted octanol–water partition coefficient (Wildman–Crippen LogP) is 4.21. The van der Waals surface area contributed by atoms with Gasteiger partial charge in [-0.15, -0.1) is 0 Å². The third-order valence-electron chi connectivity index (χ3n) is 3.08. The lowest BCUT2D eigenvalue weighted by molar-refractivity contribution is 0.568. The smallest absolute Gasteiger partial charge is 0.0402 e. The van der Waals surface area contributed by atoms with Crippen molar-refractivity contribution in [3.05, 3.63) is 28.2 Å². The van der Waals surface area contributed by atoms with Crippen LogP contribution in [-0.4, -0.2) is 18.6 Å². The Morgan fingerprint density at radius 2 is 1.79 bits per heavy atom. The highest BCUT2D eigenvalue weighted by molar-refractivity contribution is 9.10. The third kappa shape index (κ3) is 5.15. The first-order valence-electron chi connectivity index (χ1n) is 7.12. The van der Waals surface area contributed by atoms with Crippen LogP contribution in [0, 0.1) is 5.92 Å². The Hall–Kier alpha value is -0.540. The second-order valence-electron chi connectivity index (χ2n) is 6.09. The summed E-state index contributed by atoms with van der Waals surface area (Å²) in [5.41, 5.74) is 8.64. The van der Waals surface area contributed by atoms with Crippen LogP contribution in [0.15, 0.2) is 22.7 Å². The highest BCUT2D eigenvalue weighted by atomic mass is 79.9. The highest BCUT2D eigenvalue weighted by Gasteiger charge is 2.16. The summed E-state index contributed by atoms with van der Waals surface area (Å²) < 4.78 is 1.13. The molecule has 0 fully saturated rings. The molecule has 1 unspecified atom stereocenters. The quantitative estimate of drug-likeness (QED) is 0.848. The Balaban J connectivity index is 3.13. The molecule has 2 nitrogen and oxygen atoms in total. The average molecular weight is 327 g/mol. The van der Waals surface area contributed by atoms with Gasteiger partial charge in [-0.2, -0.15) is 0 Å². The molecule has 0 bridgehead atoms. The molecule has 0 saturated heterocycles. The first-order chi connectivity index (χ1) is 8.81. The molecule has 0 aromatic heterocycles. The van der Waals surface area contributed by atoms with E-state index in [2.05, 4.69) is 73.6 Å². The van der Waals surface area contributed by atoms with Crippen molar-refractivity contribution in [1.29, 1.82) is 0 Å². The van der Waals surface area contributed by atoms with Gasteiger partial charge in [0.25, 0.3) is 0 Å². The van der Waals surface area contributed by atoms with Crippen molar-refractivity contribution in [2.75, 3.05) is 11.4 Å². The number of benzene rings is 1. The van der Waals surface area contributed by atoms with Crippen LogP contribution in [0.25, 0.3) is 0 Å². The first kappa shape index (κ1) is 16.5. The van der Waals surface area contributed by atoms with E-state index in [4.69, 9.17) is 5.73 Å². The number of nitrogens with two attached hydrogens (primary N) is 1. The lowest BCUT2D eigenvalue weighted by Gasteiger charge is -2.33. The maximum absolute atomic E-state index is 5.99. The fourth-order valence-corrected chi connectivity index (χ4v) is 2.73. The molecule has 0 aliphatic rings. The van der Waals surface area contributed by atoms with Crippen molar-refractivity contribution in [3.63, 3.8) is 0 Å². The Bertz CT molecular complexity index is 400. The summed E-state index contributed by atoms with van der Waals surface area (Å²) in [6, 6.07) is 7.21. The van der Waals surface area contributed by atoms with Crippen molar-refractivity contribution in [2.45, 2.75) is 53.1 Å². The predicted molar refractivity (Wildman–Crippen MR) is 88.8 cm³/mol. The van der Waals surface area contributed by atoms with Crippen LogP contribution < -0.4 is 10.6 Å². The molecular formula is C16H27BrN2. The summed E-state index contributed by atoms with van der Waals surface area (Å²) in [6.07, 6.45) is 0.913. The van der Waals surface area contributed by atoms with Crippen molar-refractivity contribution in [1.82, 2.24) is 0 Å². The van der Waals surface area contributed by atoms with Crippen LogP contribution in [0.1, 0.15) is 40.2 Å². The van der Waals surface area contributed by atoms with Gasteiger partial charge in [0.15, 0.2) is 0 Å². The molecule has 1 aromatic carbocycles. The molecule has 0 heterocycles. The normalized spacial score (nSPS) is 13.1. The van der Waals surface area contributed by atoms with E-state index in [0.29, 0.717) is 12.0 Å². The van der Waals surface area contributed by atoms with E-state index in [1.807, 2.05) is 0 Å². The minimum Gasteiger partial charge on any atom is -0.369 e. The van der Waals surface area contributed by atoms with Crippen molar-refractivity contribution in [2.24, 2.45) is 11.7 Å². The highest BCUT2D eigenvalue weighted by Crippen LogP contribution is 2.28. The molecule has 0 spiro atoms. The van der Waals surface area contributed by atoms with Crippen LogP contribution in [0.4, 0.5) is 5.69 Å². The van der Waals surface area contributed by atoms with Gasteiger partial charge in [0, 0.05) is 28.8 Å². The Kier molecular flexibility index (Phi) is 6.34. The topological polar surface area (TPSA) is 29.3 Å². The van der Waals surface area contributed by atoms with Crippen molar-refractivity contribution >= 4 is 21.6 Å². The summed E-state index contributed by atoms with van der Waals surface area (Å²) in [7, 11) is 0. The zero-order valence-electron chi connectivity index (χ0n) is 12.8. The Morgan fingerprint density at radius 3 is 2.26 bits per heavy atom. The minimum atomic E-state index is 0.182. The molecule has 1 aromatic rings. The summed E-state index contributed by atoms with van der Waals surface area (Å²) in [6.45, 7) is 12.2. The molecule has 1 rings (SSSR count). The summed E-state index contributed by atoms with van der Waals surface area (Å²) in [5, 5.41) is 0. The van der Waals surface area contributed by atoms with E-state index in [1.165, 1.54) is 11.3 Å².